The van der Waals surface area contributed by atoms with Crippen LogP contribution < -0.4 is 65.8 Å². The van der Waals surface area contributed by atoms with Crippen LogP contribution in [0.5, 0.6) is 11.5 Å². The van der Waals surface area contributed by atoms with Crippen molar-refractivity contribution in [2.24, 2.45) is 0 Å². The molecule has 1 atom stereocenters. The Balaban J connectivity index is 0.00000245. The summed E-state index contributed by atoms with van der Waals surface area (Å²) in [5.74, 6) is 1.60. The zero-order valence-electron chi connectivity index (χ0n) is 19.1. The number of hydrogen-bond acceptors (Lipinski definition) is 4. The summed E-state index contributed by atoms with van der Waals surface area (Å²) in [6.07, 6.45) is 2.84. The summed E-state index contributed by atoms with van der Waals surface area (Å²) in [6.45, 7) is 3.51. The zero-order chi connectivity index (χ0) is 21.6. The van der Waals surface area contributed by atoms with Gasteiger partial charge in [0.1, 0.15) is 13.6 Å². The quantitative estimate of drug-likeness (QED) is 0.483. The molecule has 3 aromatic rings. The number of methoxy groups -OCH3 is 1. The van der Waals surface area contributed by atoms with Gasteiger partial charge in [-0.3, -0.25) is 0 Å². The molecule has 0 aliphatic carbocycles. The average Bonchev–Trinajstić information content (AvgIpc) is 2.78. The van der Waals surface area contributed by atoms with Crippen molar-refractivity contribution in [1.82, 2.24) is 0 Å². The molecule has 6 heteroatoms. The van der Waals surface area contributed by atoms with E-state index < -0.39 is 5.50 Å². The van der Waals surface area contributed by atoms with Crippen molar-refractivity contribution in [3.8, 4) is 22.6 Å². The van der Waals surface area contributed by atoms with Gasteiger partial charge in [-0.1, -0.05) is 17.0 Å². The van der Waals surface area contributed by atoms with E-state index in [0.717, 1.165) is 83.4 Å². The van der Waals surface area contributed by atoms with E-state index in [4.69, 9.17) is 17.3 Å². The molecule has 5 rings (SSSR count). The van der Waals surface area contributed by atoms with E-state index >= 15 is 0 Å². The fourth-order valence-corrected chi connectivity index (χ4v) is 4.63. The molecule has 0 spiro atoms. The van der Waals surface area contributed by atoms with Gasteiger partial charge in [0, 0.05) is 18.8 Å². The van der Waals surface area contributed by atoms with Gasteiger partial charge in [0.25, 0.3) is 0 Å². The van der Waals surface area contributed by atoms with Crippen LogP contribution in [0.15, 0.2) is 36.4 Å². The molecule has 0 amide bonds. The second kappa shape index (κ2) is 9.69. The van der Waals surface area contributed by atoms with Gasteiger partial charge in [-0.15, -0.1) is 11.5 Å². The number of nitrogens with zero attached hydrogens (tertiary/aromatic N) is 1. The van der Waals surface area contributed by atoms with E-state index in [-0.39, 0.29) is 57.5 Å². The van der Waals surface area contributed by atoms with Gasteiger partial charge >= 0.3 is 51.4 Å². The Morgan fingerprint density at radius 2 is 2.00 bits per heavy atom. The zero-order valence-corrected chi connectivity index (χ0v) is 22.2. The molecule has 3 aromatic carbocycles. The van der Waals surface area contributed by atoms with E-state index in [0.29, 0.717) is 0 Å². The molecule has 2 aliphatic rings. The Labute approximate surface area is 234 Å². The Morgan fingerprint density at radius 3 is 2.69 bits per heavy atom. The fourth-order valence-electron chi connectivity index (χ4n) is 4.63. The van der Waals surface area contributed by atoms with Crippen molar-refractivity contribution >= 4 is 24.3 Å². The molecule has 4 nitrogen and oxygen atoms in total. The molecule has 158 valence electrons. The van der Waals surface area contributed by atoms with Gasteiger partial charge in [-0.2, -0.15) is 30.3 Å². The molecule has 1 unspecified atom stereocenters. The first-order valence-electron chi connectivity index (χ1n) is 10.9. The van der Waals surface area contributed by atoms with Crippen molar-refractivity contribution in [2.45, 2.75) is 44.2 Å². The van der Waals surface area contributed by atoms with Gasteiger partial charge in [0.05, 0.1) is 24.4 Å². The Bertz CT molecular complexity index is 1110. The largest absolute Gasteiger partial charge is 1.00 e. The number of aliphatic hydroxyl groups is 1. The fraction of sp³-hybridized carbons (Fsp3) is 0.385. The van der Waals surface area contributed by atoms with Gasteiger partial charge < -0.3 is 19.5 Å². The molecule has 1 N–H and O–H groups in total. The molecule has 2 heterocycles. The molecule has 1 fully saturated rings. The predicted molar refractivity (Wildman–Crippen MR) is 124 cm³/mol. The van der Waals surface area contributed by atoms with Gasteiger partial charge in [0.15, 0.2) is 0 Å². The number of benzene rings is 3. The standard InChI is InChI=1S/C26H26BNO3.K/c1-26(27)11-8-18-14-20(17-6-4-3-5-7-17)21-15-23(28-12-9-19(29)10-13-28)24(30-2)16-22(21)25(18)31-26;/h3-6,15-16,19,29H,8-13H2,1-2H3;/q-2;+1. The molecule has 2 aliphatic heterocycles. The normalized spacial score (nSPS) is 20.9. The average molecular weight is 450 g/mol. The van der Waals surface area contributed by atoms with Crippen LogP contribution in [-0.4, -0.2) is 44.8 Å². The van der Waals surface area contributed by atoms with Crippen molar-refractivity contribution in [3.05, 3.63) is 54.1 Å². The van der Waals surface area contributed by atoms with Gasteiger partial charge in [-0.25, -0.2) is 11.1 Å². The number of ether oxygens (including phenoxy) is 2. The molecule has 1 saturated heterocycles. The van der Waals surface area contributed by atoms with E-state index in [9.17, 15) is 5.11 Å². The SMILES string of the molecule is [B]C1(C)CCc2[c-]c(-c3[c-]cccc3)c3cc(N4CCC(O)CC4)c(OC)cc3c2O1.[K+]. The summed E-state index contributed by atoms with van der Waals surface area (Å²) in [4.78, 5) is 2.29. The van der Waals surface area contributed by atoms with E-state index in [1.807, 2.05) is 25.1 Å². The minimum atomic E-state index is -0.705. The summed E-state index contributed by atoms with van der Waals surface area (Å²) >= 11 is 0. The Hall–Kier alpha value is -1.02. The molecule has 0 aromatic heterocycles. The third-order valence-electron chi connectivity index (χ3n) is 6.37. The smallest absolute Gasteiger partial charge is 0.540 e. The van der Waals surface area contributed by atoms with Crippen molar-refractivity contribution < 1.29 is 66.0 Å². The van der Waals surface area contributed by atoms with Crippen LogP contribution in [0.2, 0.25) is 0 Å². The number of piperidine rings is 1. The monoisotopic (exact) mass is 450 g/mol. The van der Waals surface area contributed by atoms with Gasteiger partial charge in [-0.05, 0) is 38.7 Å². The number of rotatable bonds is 3. The minimum Gasteiger partial charge on any atom is -0.540 e. The van der Waals surface area contributed by atoms with Crippen LogP contribution in [-0.2, 0) is 6.42 Å². The summed E-state index contributed by atoms with van der Waals surface area (Å²) in [7, 11) is 8.06. The number of hydrogen-bond donors (Lipinski definition) is 1. The van der Waals surface area contributed by atoms with Crippen molar-refractivity contribution in [1.29, 1.82) is 0 Å². The first-order chi connectivity index (χ1) is 14.9. The van der Waals surface area contributed by atoms with Crippen LogP contribution in [0.1, 0.15) is 31.7 Å². The van der Waals surface area contributed by atoms with Crippen molar-refractivity contribution in [3.63, 3.8) is 0 Å². The van der Waals surface area contributed by atoms with Crippen LogP contribution in [0.25, 0.3) is 21.9 Å². The third kappa shape index (κ3) is 4.63. The first-order valence-corrected chi connectivity index (χ1v) is 10.9. The first kappa shape index (κ1) is 24.1. The molecular formula is C26H26BKNO3-. The van der Waals surface area contributed by atoms with E-state index in [2.05, 4.69) is 35.2 Å². The predicted octanol–water partition coefficient (Wildman–Crippen LogP) is 1.29. The van der Waals surface area contributed by atoms with Crippen LogP contribution in [0.3, 0.4) is 0 Å². The maximum Gasteiger partial charge on any atom is 1.00 e. The topological polar surface area (TPSA) is 41.9 Å². The number of aryl methyl sites for hydroxylation is 1. The van der Waals surface area contributed by atoms with Crippen LogP contribution in [0, 0.1) is 12.1 Å². The van der Waals surface area contributed by atoms with Crippen LogP contribution in [0.4, 0.5) is 5.69 Å². The molecular weight excluding hydrogens is 424 g/mol. The Kier molecular flexibility index (Phi) is 7.30. The second-order valence-electron chi connectivity index (χ2n) is 8.79. The molecule has 32 heavy (non-hydrogen) atoms. The summed E-state index contributed by atoms with van der Waals surface area (Å²) < 4.78 is 12.1. The Morgan fingerprint density at radius 1 is 1.22 bits per heavy atom. The second-order valence-corrected chi connectivity index (χ2v) is 8.79. The molecule has 0 saturated carbocycles. The number of aliphatic hydroxyl groups excluding tert-OH is 1. The summed E-state index contributed by atoms with van der Waals surface area (Å²) in [5.41, 5.74) is 3.38. The number of anilines is 1. The molecule has 2 radical (unpaired) electrons. The van der Waals surface area contributed by atoms with Gasteiger partial charge in [0.2, 0.25) is 0 Å². The summed E-state index contributed by atoms with van der Waals surface area (Å²) in [5, 5.41) is 12.0. The maximum absolute atomic E-state index is 9.95. The van der Waals surface area contributed by atoms with E-state index in [1.54, 1.807) is 7.11 Å². The van der Waals surface area contributed by atoms with E-state index in [1.165, 1.54) is 0 Å². The third-order valence-corrected chi connectivity index (χ3v) is 6.37. The summed E-state index contributed by atoms with van der Waals surface area (Å²) in [6, 6.07) is 19.2. The number of fused-ring (bicyclic) bond motifs is 3. The maximum atomic E-state index is 9.95. The minimum absolute atomic E-state index is 0. The van der Waals surface area contributed by atoms with Crippen LogP contribution >= 0.6 is 0 Å². The van der Waals surface area contributed by atoms with Crippen molar-refractivity contribution in [2.75, 3.05) is 25.1 Å². The molecule has 0 bridgehead atoms.